The smallest absolute Gasteiger partial charge is 0.328 e. The zero-order valence-electron chi connectivity index (χ0n) is 15.0. The average Bonchev–Trinajstić information content (AvgIpc) is 3.26. The molecule has 0 bridgehead atoms. The molecule has 4 aliphatic heterocycles. The fourth-order valence-corrected chi connectivity index (χ4v) is 4.76. The van der Waals surface area contributed by atoms with E-state index in [4.69, 9.17) is 10.1 Å². The van der Waals surface area contributed by atoms with Gasteiger partial charge in [-0.3, -0.25) is 10.3 Å². The van der Waals surface area contributed by atoms with E-state index < -0.39 is 11.9 Å². The second kappa shape index (κ2) is 6.05. The van der Waals surface area contributed by atoms with Crippen molar-refractivity contribution in [2.75, 3.05) is 37.7 Å². The summed E-state index contributed by atoms with van der Waals surface area (Å²) in [6.07, 6.45) is 1.74. The van der Waals surface area contributed by atoms with Gasteiger partial charge in [0.1, 0.15) is 11.9 Å². The number of benzene rings is 1. The van der Waals surface area contributed by atoms with Crippen LogP contribution in [0, 0.1) is 5.41 Å². The summed E-state index contributed by atoms with van der Waals surface area (Å²) in [4.78, 5) is 18.3. The number of fused-ring (bicyclic) bond motifs is 2. The van der Waals surface area contributed by atoms with Gasteiger partial charge in [0, 0.05) is 30.9 Å². The van der Waals surface area contributed by atoms with Crippen LogP contribution in [0.15, 0.2) is 41.6 Å². The Balaban J connectivity index is 1.57. The molecule has 27 heavy (non-hydrogen) atoms. The van der Waals surface area contributed by atoms with Crippen molar-refractivity contribution < 1.29 is 14.6 Å². The maximum atomic E-state index is 12.9. The number of anilines is 1. The molecule has 2 amide bonds. The second-order valence-corrected chi connectivity index (χ2v) is 7.30. The van der Waals surface area contributed by atoms with E-state index in [1.807, 2.05) is 40.1 Å². The number of nitrogens with one attached hydrogen (secondary N) is 2. The zero-order valence-corrected chi connectivity index (χ0v) is 15.0. The number of amides is 2. The molecule has 2 atom stereocenters. The van der Waals surface area contributed by atoms with Crippen LogP contribution >= 0.6 is 0 Å². The Hall–Kier alpha value is -2.42. The third-order valence-corrected chi connectivity index (χ3v) is 5.95. The highest BCUT2D eigenvalue weighted by atomic mass is 16.5. The molecule has 8 nitrogen and oxygen atoms in total. The maximum Gasteiger partial charge on any atom is 0.328 e. The third-order valence-electron chi connectivity index (χ3n) is 5.95. The lowest BCUT2D eigenvalue weighted by atomic mass is 9.97. The molecule has 5 rings (SSSR count). The summed E-state index contributed by atoms with van der Waals surface area (Å²) in [6.45, 7) is 3.01. The van der Waals surface area contributed by atoms with Crippen LogP contribution in [0.1, 0.15) is 12.8 Å². The summed E-state index contributed by atoms with van der Waals surface area (Å²) < 4.78 is 5.45. The molecular formula is C19H23N5O3. The Bertz CT molecular complexity index is 820. The molecule has 3 N–H and O–H groups in total. The van der Waals surface area contributed by atoms with Crippen LogP contribution in [0.4, 0.5) is 10.5 Å². The van der Waals surface area contributed by atoms with E-state index in [9.17, 15) is 9.90 Å². The van der Waals surface area contributed by atoms with E-state index in [1.165, 1.54) is 4.90 Å². The first-order chi connectivity index (χ1) is 13.1. The number of amidine groups is 1. The van der Waals surface area contributed by atoms with Crippen LogP contribution in [0.3, 0.4) is 0 Å². The van der Waals surface area contributed by atoms with E-state index in [0.29, 0.717) is 32.0 Å². The molecule has 4 heterocycles. The van der Waals surface area contributed by atoms with Gasteiger partial charge in [0.15, 0.2) is 0 Å². The summed E-state index contributed by atoms with van der Waals surface area (Å²) >= 11 is 0. The number of nitrogens with zero attached hydrogens (tertiary/aromatic N) is 3. The number of urea groups is 1. The Morgan fingerprint density at radius 3 is 2.67 bits per heavy atom. The molecular weight excluding hydrogens is 346 g/mol. The quantitative estimate of drug-likeness (QED) is 0.721. The molecule has 142 valence electrons. The van der Waals surface area contributed by atoms with Crippen molar-refractivity contribution in [2.45, 2.75) is 24.7 Å². The van der Waals surface area contributed by atoms with Crippen molar-refractivity contribution in [2.24, 2.45) is 0 Å². The van der Waals surface area contributed by atoms with Crippen LogP contribution in [0.2, 0.25) is 0 Å². The minimum absolute atomic E-state index is 0.154. The summed E-state index contributed by atoms with van der Waals surface area (Å²) in [5.74, 6) is -1.18. The Kier molecular flexibility index (Phi) is 3.75. The topological polar surface area (TPSA) is 92.1 Å². The number of hydrogen-bond donors (Lipinski definition) is 3. The first-order valence-corrected chi connectivity index (χ1v) is 9.43. The zero-order chi connectivity index (χ0) is 18.6. The van der Waals surface area contributed by atoms with E-state index in [1.54, 1.807) is 0 Å². The van der Waals surface area contributed by atoms with Crippen LogP contribution in [-0.2, 0) is 4.74 Å². The van der Waals surface area contributed by atoms with Crippen molar-refractivity contribution >= 4 is 17.6 Å². The average molecular weight is 369 g/mol. The SMILES string of the molecule is N=C1C2=C3CCCN3C(O)(N3CCOCC3)C2NC(=O)N1c1ccccc1. The fraction of sp³-hybridized carbons (Fsp3) is 0.474. The van der Waals surface area contributed by atoms with E-state index in [0.717, 1.165) is 30.7 Å². The van der Waals surface area contributed by atoms with Crippen molar-refractivity contribution in [3.8, 4) is 0 Å². The number of rotatable bonds is 2. The lowest BCUT2D eigenvalue weighted by Crippen LogP contribution is -2.72. The fourth-order valence-electron chi connectivity index (χ4n) is 4.76. The minimum atomic E-state index is -1.34. The van der Waals surface area contributed by atoms with Crippen LogP contribution in [0.25, 0.3) is 0 Å². The van der Waals surface area contributed by atoms with Gasteiger partial charge in [0.25, 0.3) is 0 Å². The highest BCUT2D eigenvalue weighted by molar-refractivity contribution is 6.25. The number of ether oxygens (including phenoxy) is 1. The number of carbonyl (C=O) groups is 1. The van der Waals surface area contributed by atoms with E-state index in [2.05, 4.69) is 5.32 Å². The van der Waals surface area contributed by atoms with Crippen LogP contribution < -0.4 is 10.2 Å². The van der Waals surface area contributed by atoms with E-state index >= 15 is 0 Å². The van der Waals surface area contributed by atoms with Crippen molar-refractivity contribution in [1.29, 1.82) is 5.41 Å². The van der Waals surface area contributed by atoms with Gasteiger partial charge >= 0.3 is 6.03 Å². The van der Waals surface area contributed by atoms with Gasteiger partial charge in [-0.25, -0.2) is 9.69 Å². The first-order valence-electron chi connectivity index (χ1n) is 9.43. The molecule has 3 saturated heterocycles. The van der Waals surface area contributed by atoms with Crippen molar-refractivity contribution in [1.82, 2.24) is 15.1 Å². The van der Waals surface area contributed by atoms with Gasteiger partial charge < -0.3 is 20.1 Å². The Morgan fingerprint density at radius 2 is 1.93 bits per heavy atom. The molecule has 0 spiro atoms. The molecule has 0 aliphatic carbocycles. The molecule has 2 unspecified atom stereocenters. The van der Waals surface area contributed by atoms with Crippen molar-refractivity contribution in [3.63, 3.8) is 0 Å². The van der Waals surface area contributed by atoms with Crippen LogP contribution in [0.5, 0.6) is 0 Å². The van der Waals surface area contributed by atoms with Gasteiger partial charge in [0.2, 0.25) is 5.85 Å². The monoisotopic (exact) mass is 369 g/mol. The molecule has 0 aromatic heterocycles. The molecule has 0 saturated carbocycles. The summed E-state index contributed by atoms with van der Waals surface area (Å²) in [5, 5.41) is 23.6. The Morgan fingerprint density at radius 1 is 1.19 bits per heavy atom. The number of carbonyl (C=O) groups excluding carboxylic acids is 1. The predicted molar refractivity (Wildman–Crippen MR) is 99.3 cm³/mol. The number of para-hydroxylation sites is 1. The second-order valence-electron chi connectivity index (χ2n) is 7.30. The van der Waals surface area contributed by atoms with Crippen LogP contribution in [-0.4, -0.2) is 71.5 Å². The number of aliphatic hydroxyl groups is 1. The predicted octanol–water partition coefficient (Wildman–Crippen LogP) is 0.904. The summed E-state index contributed by atoms with van der Waals surface area (Å²) in [7, 11) is 0. The van der Waals surface area contributed by atoms with Gasteiger partial charge in [-0.2, -0.15) is 0 Å². The normalized spacial score (nSPS) is 31.2. The first kappa shape index (κ1) is 16.7. The van der Waals surface area contributed by atoms with Gasteiger partial charge in [-0.15, -0.1) is 0 Å². The summed E-state index contributed by atoms with van der Waals surface area (Å²) in [6, 6.07) is 8.19. The molecule has 4 aliphatic rings. The molecule has 1 aromatic rings. The largest absolute Gasteiger partial charge is 0.379 e. The highest BCUT2D eigenvalue weighted by Gasteiger charge is 2.60. The lowest BCUT2D eigenvalue weighted by molar-refractivity contribution is -0.217. The number of morpholine rings is 1. The molecule has 1 aromatic carbocycles. The number of hydrogen-bond acceptors (Lipinski definition) is 6. The molecule has 0 radical (unpaired) electrons. The number of allylic oxidation sites excluding steroid dienone is 1. The van der Waals surface area contributed by atoms with Gasteiger partial charge in [-0.05, 0) is 25.0 Å². The van der Waals surface area contributed by atoms with Crippen molar-refractivity contribution in [3.05, 3.63) is 41.6 Å². The Labute approximate surface area is 157 Å². The third kappa shape index (κ3) is 2.27. The minimum Gasteiger partial charge on any atom is -0.379 e. The summed E-state index contributed by atoms with van der Waals surface area (Å²) in [5.41, 5.74) is 2.35. The molecule has 8 heteroatoms. The standard InChI is InChI=1S/C19H23N5O3/c20-17-15-14-7-4-8-23(14)19(26,22-9-11-27-12-10-22)16(15)21-18(25)24(17)13-5-2-1-3-6-13/h1-3,5-6,16,20,26H,4,7-12H2,(H,21,25). The lowest BCUT2D eigenvalue weighted by Gasteiger charge is -2.49. The van der Waals surface area contributed by atoms with Gasteiger partial charge in [0.05, 0.1) is 18.9 Å². The highest BCUT2D eigenvalue weighted by Crippen LogP contribution is 2.46. The molecule has 3 fully saturated rings. The maximum absolute atomic E-state index is 12.9. The van der Waals surface area contributed by atoms with E-state index in [-0.39, 0.29) is 11.9 Å². The van der Waals surface area contributed by atoms with Gasteiger partial charge in [-0.1, -0.05) is 18.2 Å².